The average molecular weight is 306 g/mol. The van der Waals surface area contributed by atoms with E-state index in [4.69, 9.17) is 21.7 Å². The number of carbonyl (C=O) groups excluding carboxylic acids is 2. The van der Waals surface area contributed by atoms with Gasteiger partial charge in [0.25, 0.3) is 0 Å². The van der Waals surface area contributed by atoms with E-state index in [2.05, 4.69) is 5.10 Å². The molecular formula is C11H18N2O4S2. The number of rotatable bonds is 6. The first-order valence-electron chi connectivity index (χ1n) is 5.66. The van der Waals surface area contributed by atoms with Crippen LogP contribution in [0.15, 0.2) is 5.10 Å². The second-order valence-electron chi connectivity index (χ2n) is 3.24. The van der Waals surface area contributed by atoms with E-state index in [1.165, 1.54) is 23.0 Å². The molecule has 0 aliphatic carbocycles. The number of ether oxygens (including phenoxy) is 2. The van der Waals surface area contributed by atoms with Crippen molar-refractivity contribution in [1.29, 1.82) is 0 Å². The summed E-state index contributed by atoms with van der Waals surface area (Å²) < 4.78 is 10.1. The Labute approximate surface area is 122 Å². The molecule has 0 unspecified atom stereocenters. The van der Waals surface area contributed by atoms with Gasteiger partial charge in [-0.2, -0.15) is 5.10 Å². The van der Waals surface area contributed by atoms with Gasteiger partial charge < -0.3 is 9.47 Å². The average Bonchev–Trinajstić information content (AvgIpc) is 2.38. The first-order chi connectivity index (χ1) is 8.97. The van der Waals surface area contributed by atoms with Crippen LogP contribution < -0.4 is 0 Å². The molecule has 0 aliphatic rings. The third-order valence-corrected chi connectivity index (χ3v) is 3.29. The van der Waals surface area contributed by atoms with E-state index >= 15 is 0 Å². The summed E-state index contributed by atoms with van der Waals surface area (Å²) in [6.45, 7) is 3.68. The van der Waals surface area contributed by atoms with Crippen molar-refractivity contribution >= 4 is 46.5 Å². The van der Waals surface area contributed by atoms with Crippen molar-refractivity contribution in [2.75, 3.05) is 26.5 Å². The molecule has 6 nitrogen and oxygen atoms in total. The molecule has 0 aromatic heterocycles. The van der Waals surface area contributed by atoms with E-state index in [-0.39, 0.29) is 13.2 Å². The molecular weight excluding hydrogens is 288 g/mol. The molecule has 0 amide bonds. The second-order valence-corrected chi connectivity index (χ2v) is 4.68. The van der Waals surface area contributed by atoms with Crippen molar-refractivity contribution in [3.8, 4) is 0 Å². The predicted molar refractivity (Wildman–Crippen MR) is 79.1 cm³/mol. The van der Waals surface area contributed by atoms with Crippen LogP contribution in [0.1, 0.15) is 13.8 Å². The Balaban J connectivity index is 4.84. The van der Waals surface area contributed by atoms with Gasteiger partial charge in [-0.05, 0) is 20.1 Å². The molecule has 0 bridgehead atoms. The Kier molecular flexibility index (Phi) is 9.15. The molecule has 0 aromatic rings. The number of hydrogen-bond acceptors (Lipinski definition) is 7. The highest BCUT2D eigenvalue weighted by Gasteiger charge is 2.28. The van der Waals surface area contributed by atoms with Gasteiger partial charge in [0.15, 0.2) is 10.2 Å². The smallest absolute Gasteiger partial charge is 0.325 e. The largest absolute Gasteiger partial charge is 0.465 e. The number of hydrazone groups is 1. The van der Waals surface area contributed by atoms with E-state index in [9.17, 15) is 9.59 Å². The van der Waals surface area contributed by atoms with Crippen molar-refractivity contribution in [3.05, 3.63) is 0 Å². The van der Waals surface area contributed by atoms with Crippen LogP contribution in [-0.2, 0) is 19.1 Å². The molecule has 0 heterocycles. The minimum Gasteiger partial charge on any atom is -0.465 e. The lowest BCUT2D eigenvalue weighted by Crippen LogP contribution is -2.30. The Hall–Kier alpha value is -1.15. The van der Waals surface area contributed by atoms with Gasteiger partial charge in [-0.25, -0.2) is 0 Å². The van der Waals surface area contributed by atoms with Gasteiger partial charge in [0.05, 0.1) is 19.4 Å². The van der Waals surface area contributed by atoms with Crippen LogP contribution in [0.2, 0.25) is 0 Å². The number of thiocarbonyl (C=S) groups is 1. The van der Waals surface area contributed by atoms with Crippen LogP contribution >= 0.6 is 24.0 Å². The minimum atomic E-state index is -1.17. The predicted octanol–water partition coefficient (Wildman–Crippen LogP) is 1.29. The number of hydrogen-bond donors (Lipinski definition) is 0. The van der Waals surface area contributed by atoms with E-state index in [1.54, 1.807) is 20.9 Å². The normalized spacial score (nSPS) is 10.6. The molecule has 0 radical (unpaired) electrons. The van der Waals surface area contributed by atoms with Crippen molar-refractivity contribution < 1.29 is 19.1 Å². The minimum absolute atomic E-state index is 0.182. The molecule has 19 heavy (non-hydrogen) atoms. The molecule has 8 heteroatoms. The Morgan fingerprint density at radius 1 is 1.32 bits per heavy atom. The maximum atomic E-state index is 11.6. The molecule has 0 fully saturated rings. The van der Waals surface area contributed by atoms with Gasteiger partial charge in [-0.15, -0.1) is 0 Å². The quantitative estimate of drug-likeness (QED) is 0.241. The van der Waals surface area contributed by atoms with E-state index < -0.39 is 17.9 Å². The van der Waals surface area contributed by atoms with Gasteiger partial charge in [-0.3, -0.25) is 14.6 Å². The fraction of sp³-hybridized carbons (Fsp3) is 0.636. The highest BCUT2D eigenvalue weighted by atomic mass is 32.2. The lowest BCUT2D eigenvalue weighted by Gasteiger charge is -2.14. The molecule has 0 rings (SSSR count). The summed E-state index contributed by atoms with van der Waals surface area (Å²) in [7, 11) is 1.63. The molecule has 0 saturated heterocycles. The van der Waals surface area contributed by atoms with Gasteiger partial charge >= 0.3 is 11.9 Å². The summed E-state index contributed by atoms with van der Waals surface area (Å²) in [4.78, 5) is 23.3. The molecule has 0 atom stereocenters. The maximum Gasteiger partial charge on any atom is 0.325 e. The molecule has 0 spiro atoms. The van der Waals surface area contributed by atoms with Gasteiger partial charge in [0.1, 0.15) is 0 Å². The molecule has 108 valence electrons. The van der Waals surface area contributed by atoms with Crippen LogP contribution in [0.5, 0.6) is 0 Å². The number of carbonyl (C=O) groups is 2. The first kappa shape index (κ1) is 17.8. The summed E-state index contributed by atoms with van der Waals surface area (Å²) in [6.07, 6.45) is 2.99. The summed E-state index contributed by atoms with van der Waals surface area (Å²) in [5.74, 6) is -2.55. The lowest BCUT2D eigenvalue weighted by molar-refractivity contribution is -0.157. The highest BCUT2D eigenvalue weighted by Crippen LogP contribution is 2.05. The Morgan fingerprint density at radius 2 is 1.79 bits per heavy atom. The summed E-state index contributed by atoms with van der Waals surface area (Å²) in [6, 6.07) is 0. The highest BCUT2D eigenvalue weighted by molar-refractivity contribution is 8.22. The fourth-order valence-electron chi connectivity index (χ4n) is 1.03. The second kappa shape index (κ2) is 9.74. The van der Waals surface area contributed by atoms with Gasteiger partial charge in [-0.1, -0.05) is 24.0 Å². The van der Waals surface area contributed by atoms with Crippen LogP contribution in [0.4, 0.5) is 0 Å². The maximum absolute atomic E-state index is 11.6. The summed E-state index contributed by atoms with van der Waals surface area (Å²) in [5.41, 5.74) is 0. The Bertz CT molecular complexity index is 343. The Morgan fingerprint density at radius 3 is 2.16 bits per heavy atom. The van der Waals surface area contributed by atoms with Crippen molar-refractivity contribution in [2.45, 2.75) is 13.8 Å². The van der Waals surface area contributed by atoms with Gasteiger partial charge in [0, 0.05) is 7.05 Å². The van der Waals surface area contributed by atoms with E-state index in [1.807, 2.05) is 6.26 Å². The van der Waals surface area contributed by atoms with Crippen molar-refractivity contribution in [1.82, 2.24) is 5.01 Å². The monoisotopic (exact) mass is 306 g/mol. The fourth-order valence-corrected chi connectivity index (χ4v) is 1.39. The van der Waals surface area contributed by atoms with Crippen molar-refractivity contribution in [2.24, 2.45) is 11.0 Å². The third kappa shape index (κ3) is 6.53. The topological polar surface area (TPSA) is 68.2 Å². The standard InChI is InChI=1S/C11H18N2O4S2/c1-5-16-9(14)8(10(15)17-6-2)7-12-13(3)11(18)19-4/h7-8H,5-6H2,1-4H3/b12-7+. The van der Waals surface area contributed by atoms with E-state index in [0.29, 0.717) is 4.32 Å². The first-order valence-corrected chi connectivity index (χ1v) is 7.30. The SMILES string of the molecule is CCOC(=O)C(/C=N/N(C)C(=S)SC)C(=O)OCC. The molecule has 0 aliphatic heterocycles. The molecule has 0 N–H and O–H groups in total. The van der Waals surface area contributed by atoms with Crippen LogP contribution in [0, 0.1) is 5.92 Å². The van der Waals surface area contributed by atoms with Crippen LogP contribution in [-0.4, -0.2) is 54.0 Å². The number of esters is 2. The summed E-state index contributed by atoms with van der Waals surface area (Å²) >= 11 is 6.34. The van der Waals surface area contributed by atoms with Crippen LogP contribution in [0.25, 0.3) is 0 Å². The zero-order valence-corrected chi connectivity index (χ0v) is 13.0. The van der Waals surface area contributed by atoms with Crippen LogP contribution in [0.3, 0.4) is 0 Å². The van der Waals surface area contributed by atoms with E-state index in [0.717, 1.165) is 0 Å². The summed E-state index contributed by atoms with van der Waals surface area (Å²) in [5, 5.41) is 5.34. The molecule has 0 aromatic carbocycles. The number of nitrogens with zero attached hydrogens (tertiary/aromatic N) is 2. The zero-order valence-electron chi connectivity index (χ0n) is 11.4. The molecule has 0 saturated carbocycles. The van der Waals surface area contributed by atoms with Gasteiger partial charge in [0.2, 0.25) is 0 Å². The lowest BCUT2D eigenvalue weighted by atomic mass is 10.2. The number of thioether (sulfide) groups is 1. The van der Waals surface area contributed by atoms with Crippen molar-refractivity contribution in [3.63, 3.8) is 0 Å². The zero-order chi connectivity index (χ0) is 14.8. The third-order valence-electron chi connectivity index (χ3n) is 1.91.